The maximum Gasteiger partial charge on any atom is 0.338 e. The predicted octanol–water partition coefficient (Wildman–Crippen LogP) is 5.83. The smallest absolute Gasteiger partial charge is 0.338 e. The van der Waals surface area contributed by atoms with Gasteiger partial charge in [-0.3, -0.25) is 0 Å². The van der Waals surface area contributed by atoms with Crippen LogP contribution < -0.4 is 15.2 Å². The summed E-state index contributed by atoms with van der Waals surface area (Å²) in [5, 5.41) is 10.8. The van der Waals surface area contributed by atoms with Crippen molar-refractivity contribution >= 4 is 51.8 Å². The molecule has 2 aromatic carbocycles. The summed E-state index contributed by atoms with van der Waals surface area (Å²) in [7, 11) is 1.50. The molecule has 0 radical (unpaired) electrons. The van der Waals surface area contributed by atoms with E-state index in [4.69, 9.17) is 47.9 Å². The van der Waals surface area contributed by atoms with E-state index in [-0.39, 0.29) is 36.0 Å². The van der Waals surface area contributed by atoms with E-state index in [1.165, 1.54) is 7.11 Å². The van der Waals surface area contributed by atoms with Crippen LogP contribution in [0.3, 0.4) is 0 Å². The summed E-state index contributed by atoms with van der Waals surface area (Å²) >= 11 is 14.6. The van der Waals surface area contributed by atoms with E-state index >= 15 is 0 Å². The molecule has 1 aliphatic rings. The molecular weight excluding hydrogens is 594 g/mol. The molecular formula is C24H21Cl2IN2O5. The molecule has 1 heterocycles. The molecule has 34 heavy (non-hydrogen) atoms. The molecule has 7 nitrogen and oxygen atoms in total. The van der Waals surface area contributed by atoms with Gasteiger partial charge in [0.05, 0.1) is 28.8 Å². The van der Waals surface area contributed by atoms with Crippen molar-refractivity contribution in [3.63, 3.8) is 0 Å². The van der Waals surface area contributed by atoms with E-state index in [2.05, 4.69) is 28.7 Å². The Balaban J connectivity index is 2.07. The molecule has 0 spiro atoms. The summed E-state index contributed by atoms with van der Waals surface area (Å²) in [5.74, 6) is -0.333. The lowest BCUT2D eigenvalue weighted by Crippen LogP contribution is -2.25. The van der Waals surface area contributed by atoms with E-state index in [0.29, 0.717) is 36.2 Å². The molecule has 0 aromatic heterocycles. The average Bonchev–Trinajstić information content (AvgIpc) is 2.78. The molecule has 0 bridgehead atoms. The Morgan fingerprint density at radius 2 is 1.97 bits per heavy atom. The summed E-state index contributed by atoms with van der Waals surface area (Å²) in [6.45, 7) is 3.59. The number of benzene rings is 2. The minimum atomic E-state index is -0.799. The zero-order valence-electron chi connectivity index (χ0n) is 18.6. The van der Waals surface area contributed by atoms with Crippen molar-refractivity contribution in [1.29, 1.82) is 5.26 Å². The molecule has 0 saturated heterocycles. The van der Waals surface area contributed by atoms with Crippen LogP contribution in [0.2, 0.25) is 10.0 Å². The number of halogens is 3. The molecule has 0 saturated carbocycles. The van der Waals surface area contributed by atoms with Gasteiger partial charge in [-0.2, -0.15) is 5.26 Å². The predicted molar refractivity (Wildman–Crippen MR) is 136 cm³/mol. The van der Waals surface area contributed by atoms with Gasteiger partial charge in [0, 0.05) is 15.6 Å². The molecule has 10 heteroatoms. The van der Waals surface area contributed by atoms with Gasteiger partial charge >= 0.3 is 5.97 Å². The van der Waals surface area contributed by atoms with Crippen LogP contribution in [-0.2, 0) is 20.9 Å². The number of esters is 1. The number of hydrogen-bond donors (Lipinski definition) is 1. The van der Waals surface area contributed by atoms with Gasteiger partial charge < -0.3 is 24.7 Å². The van der Waals surface area contributed by atoms with E-state index in [1.807, 2.05) is 0 Å². The summed E-state index contributed by atoms with van der Waals surface area (Å²) in [6.07, 6.45) is 0. The monoisotopic (exact) mass is 614 g/mol. The fraction of sp³-hybridized carbons (Fsp3) is 0.250. The third kappa shape index (κ3) is 5.22. The first-order valence-corrected chi connectivity index (χ1v) is 11.9. The van der Waals surface area contributed by atoms with Gasteiger partial charge in [-0.25, -0.2) is 4.79 Å². The van der Waals surface area contributed by atoms with Crippen molar-refractivity contribution in [2.75, 3.05) is 13.7 Å². The maximum absolute atomic E-state index is 12.8. The second kappa shape index (κ2) is 11.2. The zero-order valence-corrected chi connectivity index (χ0v) is 22.2. The Labute approximate surface area is 221 Å². The van der Waals surface area contributed by atoms with Gasteiger partial charge in [0.25, 0.3) is 0 Å². The SMILES string of the molecule is CCOC(=O)C1=C(C)OC(N)=C(C#N)C1c1cc(I)c(OCc2c(Cl)cccc2Cl)c(OC)c1. The van der Waals surface area contributed by atoms with Crippen LogP contribution in [0.4, 0.5) is 0 Å². The van der Waals surface area contributed by atoms with Crippen LogP contribution in [0.5, 0.6) is 11.5 Å². The molecule has 0 aliphatic carbocycles. The van der Waals surface area contributed by atoms with Crippen LogP contribution >= 0.6 is 45.8 Å². The number of nitrogens with zero attached hydrogens (tertiary/aromatic N) is 1. The van der Waals surface area contributed by atoms with Gasteiger partial charge in [-0.15, -0.1) is 0 Å². The number of ether oxygens (including phenoxy) is 4. The second-order valence-corrected chi connectivity index (χ2v) is 9.11. The number of hydrogen-bond acceptors (Lipinski definition) is 7. The third-order valence-electron chi connectivity index (χ3n) is 5.11. The minimum absolute atomic E-state index is 0.0688. The third-order valence-corrected chi connectivity index (χ3v) is 6.62. The Hall–Kier alpha value is -2.61. The van der Waals surface area contributed by atoms with Gasteiger partial charge in [0.1, 0.15) is 24.0 Å². The highest BCUT2D eigenvalue weighted by molar-refractivity contribution is 14.1. The fourth-order valence-electron chi connectivity index (χ4n) is 3.55. The summed E-state index contributed by atoms with van der Waals surface area (Å²) in [6, 6.07) is 10.8. The highest BCUT2D eigenvalue weighted by Crippen LogP contribution is 2.44. The lowest BCUT2D eigenvalue weighted by atomic mass is 9.83. The summed E-state index contributed by atoms with van der Waals surface area (Å²) in [4.78, 5) is 12.8. The first-order valence-electron chi connectivity index (χ1n) is 10.1. The van der Waals surface area contributed by atoms with Gasteiger partial charge in [0.15, 0.2) is 11.5 Å². The standard InChI is InChI=1S/C24H21Cl2IN2O5/c1-4-32-24(30)20-12(2)34-23(29)14(10-28)21(20)13-8-18(27)22(19(9-13)31-3)33-11-15-16(25)6-5-7-17(15)26/h5-9,21H,4,11,29H2,1-3H3. The molecule has 0 fully saturated rings. The zero-order chi connectivity index (χ0) is 25.0. The van der Waals surface area contributed by atoms with Crippen molar-refractivity contribution < 1.29 is 23.7 Å². The number of methoxy groups -OCH3 is 1. The molecule has 1 aliphatic heterocycles. The number of rotatable bonds is 7. The highest BCUT2D eigenvalue weighted by Gasteiger charge is 2.37. The second-order valence-electron chi connectivity index (χ2n) is 7.14. The first kappa shape index (κ1) is 26.0. The van der Waals surface area contributed by atoms with E-state index in [0.717, 1.165) is 0 Å². The Kier molecular flexibility index (Phi) is 8.57. The quantitative estimate of drug-likeness (QED) is 0.309. The lowest BCUT2D eigenvalue weighted by Gasteiger charge is -2.27. The molecule has 0 amide bonds. The van der Waals surface area contributed by atoms with Crippen LogP contribution in [0.25, 0.3) is 0 Å². The van der Waals surface area contributed by atoms with E-state index in [9.17, 15) is 10.1 Å². The minimum Gasteiger partial charge on any atom is -0.493 e. The maximum atomic E-state index is 12.8. The van der Waals surface area contributed by atoms with E-state index < -0.39 is 11.9 Å². The summed E-state index contributed by atoms with van der Waals surface area (Å²) in [5.41, 5.74) is 7.52. The fourth-order valence-corrected chi connectivity index (χ4v) is 4.84. The lowest BCUT2D eigenvalue weighted by molar-refractivity contribution is -0.139. The Bertz CT molecular complexity index is 1220. The number of carbonyl (C=O) groups excluding carboxylic acids is 1. The first-order chi connectivity index (χ1) is 16.2. The van der Waals surface area contributed by atoms with Crippen molar-refractivity contribution in [1.82, 2.24) is 0 Å². The largest absolute Gasteiger partial charge is 0.493 e. The van der Waals surface area contributed by atoms with Gasteiger partial charge in [0.2, 0.25) is 5.88 Å². The van der Waals surface area contributed by atoms with Crippen molar-refractivity contribution in [3.05, 3.63) is 77.9 Å². The number of carbonyl (C=O) groups is 1. The molecule has 178 valence electrons. The molecule has 2 aromatic rings. The van der Waals surface area contributed by atoms with Crippen LogP contribution in [0.15, 0.2) is 53.1 Å². The van der Waals surface area contributed by atoms with E-state index in [1.54, 1.807) is 44.2 Å². The van der Waals surface area contributed by atoms with Crippen LogP contribution in [0, 0.1) is 14.9 Å². The molecule has 1 unspecified atom stereocenters. The number of allylic oxidation sites excluding steroid dienone is 2. The number of nitriles is 1. The molecule has 3 rings (SSSR count). The number of nitrogens with two attached hydrogens (primary N) is 1. The van der Waals surface area contributed by atoms with Gasteiger partial charge in [-0.05, 0) is 66.3 Å². The molecule has 1 atom stereocenters. The topological polar surface area (TPSA) is 104 Å². The van der Waals surface area contributed by atoms with Gasteiger partial charge in [-0.1, -0.05) is 29.3 Å². The normalized spacial score (nSPS) is 15.5. The summed E-state index contributed by atoms with van der Waals surface area (Å²) < 4.78 is 23.0. The Morgan fingerprint density at radius 3 is 2.56 bits per heavy atom. The average molecular weight is 615 g/mol. The van der Waals surface area contributed by atoms with Crippen LogP contribution in [0.1, 0.15) is 30.9 Å². The van der Waals surface area contributed by atoms with Crippen molar-refractivity contribution in [2.24, 2.45) is 5.73 Å². The molecule has 2 N–H and O–H groups in total. The van der Waals surface area contributed by atoms with Crippen molar-refractivity contribution in [3.8, 4) is 17.6 Å². The van der Waals surface area contributed by atoms with Crippen LogP contribution in [-0.4, -0.2) is 19.7 Å². The Morgan fingerprint density at radius 1 is 1.29 bits per heavy atom. The van der Waals surface area contributed by atoms with Crippen molar-refractivity contribution in [2.45, 2.75) is 26.4 Å². The highest BCUT2D eigenvalue weighted by atomic mass is 127.